The smallest absolute Gasteiger partial charge is 0.0534 e. The zero-order valence-electron chi connectivity index (χ0n) is 10.7. The van der Waals surface area contributed by atoms with Crippen LogP contribution in [0.5, 0.6) is 0 Å². The minimum Gasteiger partial charge on any atom is -0.327 e. The lowest BCUT2D eigenvalue weighted by Gasteiger charge is -2.34. The van der Waals surface area contributed by atoms with Crippen molar-refractivity contribution in [2.75, 3.05) is 13.1 Å². The molecule has 1 aromatic rings. The number of halogens is 1. The predicted octanol–water partition coefficient (Wildman–Crippen LogP) is 1.49. The van der Waals surface area contributed by atoms with E-state index in [4.69, 9.17) is 5.73 Å². The van der Waals surface area contributed by atoms with Gasteiger partial charge in [0.1, 0.15) is 0 Å². The van der Waals surface area contributed by atoms with Crippen molar-refractivity contribution in [3.63, 3.8) is 0 Å². The summed E-state index contributed by atoms with van der Waals surface area (Å²) in [5, 5.41) is 4.30. The molecule has 98 valence electrons. The molecule has 1 aliphatic rings. The molecule has 0 bridgehead atoms. The fraction of sp³-hybridized carbons (Fsp3) is 0.750. The molecule has 1 aliphatic heterocycles. The van der Waals surface area contributed by atoms with Crippen LogP contribution in [0.25, 0.3) is 0 Å². The number of aromatic nitrogens is 2. The molecule has 1 aromatic heterocycles. The molecule has 0 radical (unpaired) electrons. The highest BCUT2D eigenvalue weighted by atomic mass is 35.5. The first kappa shape index (κ1) is 14.5. The number of piperidine rings is 1. The van der Waals surface area contributed by atoms with Gasteiger partial charge in [-0.1, -0.05) is 6.92 Å². The lowest BCUT2D eigenvalue weighted by atomic mass is 9.95. The molecule has 4 nitrogen and oxygen atoms in total. The van der Waals surface area contributed by atoms with E-state index in [-0.39, 0.29) is 12.4 Å². The molecule has 17 heavy (non-hydrogen) atoms. The third kappa shape index (κ3) is 3.69. The Hall–Kier alpha value is -0.580. The Morgan fingerprint density at radius 3 is 2.88 bits per heavy atom. The average molecular weight is 259 g/mol. The fourth-order valence-electron chi connectivity index (χ4n) is 2.31. The van der Waals surface area contributed by atoms with Crippen LogP contribution < -0.4 is 5.73 Å². The van der Waals surface area contributed by atoms with Gasteiger partial charge in [-0.3, -0.25) is 9.58 Å². The van der Waals surface area contributed by atoms with Crippen LogP contribution in [0, 0.1) is 5.92 Å². The summed E-state index contributed by atoms with van der Waals surface area (Å²) in [6, 6.07) is 0.384. The molecular weight excluding hydrogens is 236 g/mol. The van der Waals surface area contributed by atoms with Gasteiger partial charge in [0.15, 0.2) is 0 Å². The first-order chi connectivity index (χ1) is 7.69. The van der Waals surface area contributed by atoms with Crippen molar-refractivity contribution in [3.8, 4) is 0 Å². The molecular formula is C12H23ClN4. The van der Waals surface area contributed by atoms with Gasteiger partial charge in [0.25, 0.3) is 0 Å². The monoisotopic (exact) mass is 258 g/mol. The zero-order chi connectivity index (χ0) is 11.5. The normalized spacial score (nSPS) is 25.6. The maximum Gasteiger partial charge on any atom is 0.0534 e. The number of hydrogen-bond acceptors (Lipinski definition) is 3. The molecule has 2 heterocycles. The number of rotatable bonds is 3. The predicted molar refractivity (Wildman–Crippen MR) is 72.2 cm³/mol. The largest absolute Gasteiger partial charge is 0.327 e. The highest BCUT2D eigenvalue weighted by Gasteiger charge is 2.23. The van der Waals surface area contributed by atoms with Gasteiger partial charge in [-0.25, -0.2) is 0 Å². The van der Waals surface area contributed by atoms with Crippen LogP contribution in [-0.4, -0.2) is 33.8 Å². The highest BCUT2D eigenvalue weighted by molar-refractivity contribution is 5.85. The second-order valence-electron chi connectivity index (χ2n) is 4.87. The summed E-state index contributed by atoms with van der Waals surface area (Å²) in [6.07, 6.45) is 5.23. The third-order valence-electron chi connectivity index (χ3n) is 3.47. The molecule has 2 unspecified atom stereocenters. The molecule has 0 aromatic carbocycles. The lowest BCUT2D eigenvalue weighted by Crippen LogP contribution is -2.45. The van der Waals surface area contributed by atoms with Crippen LogP contribution in [-0.2, 0) is 13.1 Å². The Bertz CT molecular complexity index is 339. The van der Waals surface area contributed by atoms with Gasteiger partial charge >= 0.3 is 0 Å². The Morgan fingerprint density at radius 1 is 1.53 bits per heavy atom. The molecule has 2 atom stereocenters. The van der Waals surface area contributed by atoms with Crippen molar-refractivity contribution in [2.45, 2.75) is 39.4 Å². The van der Waals surface area contributed by atoms with Crippen LogP contribution in [0.1, 0.15) is 25.8 Å². The minimum absolute atomic E-state index is 0. The Kier molecular flexibility index (Phi) is 5.43. The van der Waals surface area contributed by atoms with Gasteiger partial charge in [-0.2, -0.15) is 5.10 Å². The quantitative estimate of drug-likeness (QED) is 0.894. The number of likely N-dealkylation sites (tertiary alicyclic amines) is 1. The van der Waals surface area contributed by atoms with Gasteiger partial charge in [0.05, 0.1) is 6.20 Å². The van der Waals surface area contributed by atoms with E-state index in [1.807, 2.05) is 10.9 Å². The number of hydrogen-bond donors (Lipinski definition) is 1. The number of nitrogens with two attached hydrogens (primary N) is 1. The molecule has 0 amide bonds. The maximum absolute atomic E-state index is 6.02. The van der Waals surface area contributed by atoms with Crippen molar-refractivity contribution in [3.05, 3.63) is 18.0 Å². The molecule has 0 aliphatic carbocycles. The second kappa shape index (κ2) is 6.38. The van der Waals surface area contributed by atoms with E-state index in [2.05, 4.69) is 30.0 Å². The number of nitrogens with zero attached hydrogens (tertiary/aromatic N) is 3. The van der Waals surface area contributed by atoms with Crippen molar-refractivity contribution in [2.24, 2.45) is 11.7 Å². The van der Waals surface area contributed by atoms with E-state index in [9.17, 15) is 0 Å². The van der Waals surface area contributed by atoms with Gasteiger partial charge in [0, 0.05) is 37.4 Å². The van der Waals surface area contributed by atoms with E-state index in [0.29, 0.717) is 12.0 Å². The van der Waals surface area contributed by atoms with Gasteiger partial charge in [-0.05, 0) is 25.8 Å². The standard InChI is InChI=1S/C12H22N4.ClH/c1-3-16-9-11(6-14-16)8-15-5-4-12(13)10(2)7-15;/h6,9-10,12H,3-5,7-8,13H2,1-2H3;1H. The summed E-state index contributed by atoms with van der Waals surface area (Å²) in [7, 11) is 0. The Labute approximate surface area is 110 Å². The molecule has 5 heteroatoms. The van der Waals surface area contributed by atoms with Crippen LogP contribution >= 0.6 is 12.4 Å². The first-order valence-corrected chi connectivity index (χ1v) is 6.18. The fourth-order valence-corrected chi connectivity index (χ4v) is 2.31. The van der Waals surface area contributed by atoms with Gasteiger partial charge < -0.3 is 5.73 Å². The first-order valence-electron chi connectivity index (χ1n) is 6.18. The second-order valence-corrected chi connectivity index (χ2v) is 4.87. The third-order valence-corrected chi connectivity index (χ3v) is 3.47. The van der Waals surface area contributed by atoms with E-state index in [0.717, 1.165) is 32.6 Å². The van der Waals surface area contributed by atoms with Crippen LogP contribution in [0.2, 0.25) is 0 Å². The summed E-state index contributed by atoms with van der Waals surface area (Å²) in [5.74, 6) is 0.606. The summed E-state index contributed by atoms with van der Waals surface area (Å²) < 4.78 is 1.98. The molecule has 1 saturated heterocycles. The topological polar surface area (TPSA) is 47.1 Å². The summed E-state index contributed by atoms with van der Waals surface area (Å²) in [6.45, 7) is 8.53. The van der Waals surface area contributed by atoms with Crippen molar-refractivity contribution >= 4 is 12.4 Å². The summed E-state index contributed by atoms with van der Waals surface area (Å²) >= 11 is 0. The Morgan fingerprint density at radius 2 is 2.29 bits per heavy atom. The summed E-state index contributed by atoms with van der Waals surface area (Å²) in [5.41, 5.74) is 7.33. The van der Waals surface area contributed by atoms with Gasteiger partial charge in [-0.15, -0.1) is 12.4 Å². The van der Waals surface area contributed by atoms with E-state index >= 15 is 0 Å². The maximum atomic E-state index is 6.02. The van der Waals surface area contributed by atoms with Crippen LogP contribution in [0.4, 0.5) is 0 Å². The molecule has 1 fully saturated rings. The highest BCUT2D eigenvalue weighted by Crippen LogP contribution is 2.16. The van der Waals surface area contributed by atoms with Crippen LogP contribution in [0.15, 0.2) is 12.4 Å². The summed E-state index contributed by atoms with van der Waals surface area (Å²) in [4.78, 5) is 2.48. The van der Waals surface area contributed by atoms with Crippen molar-refractivity contribution < 1.29 is 0 Å². The zero-order valence-corrected chi connectivity index (χ0v) is 11.5. The molecule has 0 saturated carbocycles. The lowest BCUT2D eigenvalue weighted by molar-refractivity contribution is 0.158. The Balaban J connectivity index is 0.00000144. The van der Waals surface area contributed by atoms with E-state index in [1.165, 1.54) is 5.56 Å². The minimum atomic E-state index is 0. The van der Waals surface area contributed by atoms with Gasteiger partial charge in [0.2, 0.25) is 0 Å². The van der Waals surface area contributed by atoms with E-state index in [1.54, 1.807) is 0 Å². The average Bonchev–Trinajstić information content (AvgIpc) is 2.71. The molecule has 0 spiro atoms. The number of aryl methyl sites for hydroxylation is 1. The molecule has 2 N–H and O–H groups in total. The van der Waals surface area contributed by atoms with Crippen LogP contribution in [0.3, 0.4) is 0 Å². The SMILES string of the molecule is CCn1cc(CN2CCC(N)C(C)C2)cn1.Cl. The van der Waals surface area contributed by atoms with E-state index < -0.39 is 0 Å². The van der Waals surface area contributed by atoms with Crippen molar-refractivity contribution in [1.82, 2.24) is 14.7 Å². The van der Waals surface area contributed by atoms with Crippen molar-refractivity contribution in [1.29, 1.82) is 0 Å². The molecule has 2 rings (SSSR count).